The summed E-state index contributed by atoms with van der Waals surface area (Å²) in [5.74, 6) is 0.117. The van der Waals surface area contributed by atoms with Crippen LogP contribution >= 0.6 is 34.8 Å². The highest BCUT2D eigenvalue weighted by Gasteiger charge is 2.30. The van der Waals surface area contributed by atoms with Gasteiger partial charge in [-0.1, -0.05) is 30.1 Å². The number of alkyl halides is 1. The highest BCUT2D eigenvalue weighted by atomic mass is 35.5. The Kier molecular flexibility index (Phi) is 5.79. The van der Waals surface area contributed by atoms with Gasteiger partial charge in [0.05, 0.1) is 5.02 Å². The van der Waals surface area contributed by atoms with Crippen molar-refractivity contribution in [1.29, 1.82) is 0 Å². The van der Waals surface area contributed by atoms with Crippen molar-refractivity contribution in [3.05, 3.63) is 27.7 Å². The van der Waals surface area contributed by atoms with Crippen LogP contribution < -0.4 is 0 Å². The normalized spacial score (nSPS) is 18.1. The molecule has 0 unspecified atom stereocenters. The number of halogens is 3. The van der Waals surface area contributed by atoms with Gasteiger partial charge >= 0.3 is 0 Å². The predicted molar refractivity (Wildman–Crippen MR) is 86.9 cm³/mol. The molecule has 4 nitrogen and oxygen atoms in total. The molecule has 0 aliphatic carbocycles. The Morgan fingerprint density at radius 2 is 1.76 bits per heavy atom. The molecule has 0 amide bonds. The average molecular weight is 372 g/mol. The fourth-order valence-electron chi connectivity index (χ4n) is 2.33. The first-order valence-corrected chi connectivity index (χ1v) is 9.39. The van der Waals surface area contributed by atoms with Crippen LogP contribution in [0.2, 0.25) is 10.0 Å². The summed E-state index contributed by atoms with van der Waals surface area (Å²) in [6.45, 7) is 5.32. The van der Waals surface area contributed by atoms with Crippen molar-refractivity contribution in [3.63, 3.8) is 0 Å². The molecular weight excluding hydrogens is 355 g/mol. The topological polar surface area (TPSA) is 40.6 Å². The molecular formula is C13H17Cl3N2O2S. The zero-order valence-electron chi connectivity index (χ0n) is 11.7. The van der Waals surface area contributed by atoms with Crippen molar-refractivity contribution in [2.75, 3.05) is 32.7 Å². The second-order valence-corrected chi connectivity index (χ2v) is 7.84. The van der Waals surface area contributed by atoms with Gasteiger partial charge in [0.25, 0.3) is 0 Å². The van der Waals surface area contributed by atoms with Crippen molar-refractivity contribution in [2.24, 2.45) is 0 Å². The minimum atomic E-state index is -3.65. The van der Waals surface area contributed by atoms with Crippen LogP contribution in [0.15, 0.2) is 17.0 Å². The Hall–Kier alpha value is -0.0400. The molecule has 0 bridgehead atoms. The van der Waals surface area contributed by atoms with E-state index in [9.17, 15) is 8.42 Å². The lowest BCUT2D eigenvalue weighted by molar-refractivity contribution is 0.196. The minimum absolute atomic E-state index is 0.0391. The zero-order valence-corrected chi connectivity index (χ0v) is 14.7. The van der Waals surface area contributed by atoms with Crippen LogP contribution in [0.4, 0.5) is 0 Å². The summed E-state index contributed by atoms with van der Waals surface area (Å²) in [4.78, 5) is 2.24. The van der Waals surface area contributed by atoms with Gasteiger partial charge in [0.1, 0.15) is 4.90 Å². The summed E-state index contributed by atoms with van der Waals surface area (Å²) in [7, 11) is -3.65. The molecule has 0 radical (unpaired) electrons. The third kappa shape index (κ3) is 3.66. The van der Waals surface area contributed by atoms with E-state index in [1.807, 2.05) is 0 Å². The van der Waals surface area contributed by atoms with Crippen LogP contribution in [0.1, 0.15) is 12.5 Å². The van der Waals surface area contributed by atoms with Crippen molar-refractivity contribution >= 4 is 44.8 Å². The van der Waals surface area contributed by atoms with Gasteiger partial charge in [0.2, 0.25) is 10.0 Å². The fraction of sp³-hybridized carbons (Fsp3) is 0.538. The maximum atomic E-state index is 12.7. The number of hydrogen-bond donors (Lipinski definition) is 0. The van der Waals surface area contributed by atoms with E-state index >= 15 is 0 Å². The molecule has 1 aliphatic heterocycles. The Bertz CT molecular complexity index is 614. The molecule has 0 atom stereocenters. The molecule has 0 saturated carbocycles. The van der Waals surface area contributed by atoms with Gasteiger partial charge in [-0.25, -0.2) is 8.42 Å². The maximum Gasteiger partial charge on any atom is 0.244 e. The second-order valence-electron chi connectivity index (χ2n) is 4.85. The maximum absolute atomic E-state index is 12.7. The van der Waals surface area contributed by atoms with E-state index in [-0.39, 0.29) is 15.8 Å². The molecule has 1 aromatic rings. The smallest absolute Gasteiger partial charge is 0.244 e. The van der Waals surface area contributed by atoms with Crippen LogP contribution in [0.5, 0.6) is 0 Å². The number of hydrogen-bond acceptors (Lipinski definition) is 3. The SMILES string of the molecule is CCN1CCN(S(=O)(=O)c2cc(Cl)cc(CCl)c2Cl)CC1. The molecule has 8 heteroatoms. The number of sulfonamides is 1. The number of rotatable bonds is 4. The van der Waals surface area contributed by atoms with Gasteiger partial charge in [0, 0.05) is 37.1 Å². The largest absolute Gasteiger partial charge is 0.301 e. The van der Waals surface area contributed by atoms with E-state index in [1.54, 1.807) is 6.07 Å². The van der Waals surface area contributed by atoms with Gasteiger partial charge in [-0.3, -0.25) is 0 Å². The molecule has 118 valence electrons. The lowest BCUT2D eigenvalue weighted by Crippen LogP contribution is -2.48. The quantitative estimate of drug-likeness (QED) is 0.764. The number of benzene rings is 1. The Morgan fingerprint density at radius 1 is 1.14 bits per heavy atom. The predicted octanol–water partition coefficient (Wildman–Crippen LogP) is 3.06. The monoisotopic (exact) mass is 370 g/mol. The summed E-state index contributed by atoms with van der Waals surface area (Å²) < 4.78 is 26.9. The van der Waals surface area contributed by atoms with Gasteiger partial charge in [-0.05, 0) is 24.2 Å². The lowest BCUT2D eigenvalue weighted by atomic mass is 10.2. The molecule has 1 saturated heterocycles. The summed E-state index contributed by atoms with van der Waals surface area (Å²) in [5, 5.41) is 0.480. The molecule has 2 rings (SSSR count). The van der Waals surface area contributed by atoms with E-state index in [4.69, 9.17) is 34.8 Å². The molecule has 1 aromatic carbocycles. The fourth-order valence-corrected chi connectivity index (χ4v) is 4.94. The van der Waals surface area contributed by atoms with Gasteiger partial charge in [-0.15, -0.1) is 11.6 Å². The Labute approximate surface area is 140 Å². The van der Waals surface area contributed by atoms with E-state index in [0.717, 1.165) is 19.6 Å². The highest BCUT2D eigenvalue weighted by molar-refractivity contribution is 7.89. The summed E-state index contributed by atoms with van der Waals surface area (Å²) in [6.07, 6.45) is 0. The third-order valence-electron chi connectivity index (χ3n) is 3.62. The van der Waals surface area contributed by atoms with E-state index in [0.29, 0.717) is 23.7 Å². The van der Waals surface area contributed by atoms with Crippen LogP contribution in [0.25, 0.3) is 0 Å². The van der Waals surface area contributed by atoms with Gasteiger partial charge < -0.3 is 4.90 Å². The van der Waals surface area contributed by atoms with Crippen LogP contribution in [0, 0.1) is 0 Å². The summed E-state index contributed by atoms with van der Waals surface area (Å²) in [6, 6.07) is 2.98. The van der Waals surface area contributed by atoms with Crippen LogP contribution in [-0.4, -0.2) is 50.3 Å². The van der Waals surface area contributed by atoms with Crippen molar-refractivity contribution in [2.45, 2.75) is 17.7 Å². The summed E-state index contributed by atoms with van der Waals surface area (Å²) in [5.41, 5.74) is 0.525. The average Bonchev–Trinajstić information content (AvgIpc) is 2.49. The first-order valence-electron chi connectivity index (χ1n) is 6.66. The molecule has 0 aromatic heterocycles. The minimum Gasteiger partial charge on any atom is -0.301 e. The molecule has 1 aliphatic rings. The Morgan fingerprint density at radius 3 is 2.29 bits per heavy atom. The van der Waals surface area contributed by atoms with E-state index < -0.39 is 10.0 Å². The van der Waals surface area contributed by atoms with Gasteiger partial charge in [-0.2, -0.15) is 4.31 Å². The van der Waals surface area contributed by atoms with Crippen molar-refractivity contribution in [3.8, 4) is 0 Å². The molecule has 0 N–H and O–H groups in total. The van der Waals surface area contributed by atoms with E-state index in [1.165, 1.54) is 10.4 Å². The standard InChI is InChI=1S/C13H17Cl3N2O2S/c1-2-17-3-5-18(6-4-17)21(19,20)12-8-11(15)7-10(9-14)13(12)16/h7-8H,2-6,9H2,1H3. The van der Waals surface area contributed by atoms with E-state index in [2.05, 4.69) is 11.8 Å². The second kappa shape index (κ2) is 7.02. The zero-order chi connectivity index (χ0) is 15.6. The molecule has 1 fully saturated rings. The molecule has 0 spiro atoms. The third-order valence-corrected chi connectivity index (χ3v) is 6.61. The summed E-state index contributed by atoms with van der Waals surface area (Å²) >= 11 is 18.0. The first kappa shape index (κ1) is 17.3. The number of piperazine rings is 1. The molecule has 21 heavy (non-hydrogen) atoms. The number of nitrogens with zero attached hydrogens (tertiary/aromatic N) is 2. The Balaban J connectivity index is 2.34. The lowest BCUT2D eigenvalue weighted by Gasteiger charge is -2.33. The van der Waals surface area contributed by atoms with Gasteiger partial charge in [0.15, 0.2) is 0 Å². The molecule has 1 heterocycles. The first-order chi connectivity index (χ1) is 9.90. The van der Waals surface area contributed by atoms with Crippen LogP contribution in [-0.2, 0) is 15.9 Å². The number of likely N-dealkylation sites (N-methyl/N-ethyl adjacent to an activating group) is 1. The van der Waals surface area contributed by atoms with Crippen molar-refractivity contribution < 1.29 is 8.42 Å². The van der Waals surface area contributed by atoms with Crippen LogP contribution in [0.3, 0.4) is 0 Å². The van der Waals surface area contributed by atoms with Crippen molar-refractivity contribution in [1.82, 2.24) is 9.21 Å². The highest BCUT2D eigenvalue weighted by Crippen LogP contribution is 2.32.